The van der Waals surface area contributed by atoms with Gasteiger partial charge in [0.25, 0.3) is 5.56 Å². The molecule has 0 aliphatic rings. The number of hydrogen-bond acceptors (Lipinski definition) is 3. The average molecular weight is 454 g/mol. The minimum absolute atomic E-state index is 0.0323. The maximum Gasteiger partial charge on any atom is 0.341 e. The number of carboxylic acids is 1. The molecule has 1 aromatic heterocycles. The van der Waals surface area contributed by atoms with Crippen LogP contribution in [0.3, 0.4) is 0 Å². The molecule has 0 atom stereocenters. The van der Waals surface area contributed by atoms with Crippen LogP contribution < -0.4 is 10.3 Å². The number of carbonyl (C=O) groups is 1. The van der Waals surface area contributed by atoms with E-state index in [1.54, 1.807) is 16.7 Å². The number of aryl methyl sites for hydroxylation is 3. The van der Waals surface area contributed by atoms with E-state index in [0.29, 0.717) is 12.3 Å². The van der Waals surface area contributed by atoms with E-state index in [2.05, 4.69) is 43.3 Å². The Labute approximate surface area is 198 Å². The van der Waals surface area contributed by atoms with Gasteiger partial charge in [-0.25, -0.2) is 4.79 Å². The molecule has 4 aromatic rings. The Morgan fingerprint density at radius 2 is 1.59 bits per heavy atom. The molecule has 172 valence electrons. The Morgan fingerprint density at radius 3 is 2.32 bits per heavy atom. The molecular weight excluding hydrogens is 426 g/mol. The van der Waals surface area contributed by atoms with E-state index < -0.39 is 5.97 Å². The van der Waals surface area contributed by atoms with Gasteiger partial charge in [-0.05, 0) is 65.8 Å². The molecule has 0 radical (unpaired) electrons. The molecule has 1 heterocycles. The van der Waals surface area contributed by atoms with Gasteiger partial charge in [0.15, 0.2) is 6.61 Å². The van der Waals surface area contributed by atoms with Crippen LogP contribution in [0.4, 0.5) is 0 Å². The smallest absolute Gasteiger partial charge is 0.341 e. The Balaban J connectivity index is 1.50. The molecule has 0 fully saturated rings. The molecule has 0 unspecified atom stereocenters. The number of aliphatic carboxylic acids is 1. The molecule has 3 aromatic carbocycles. The monoisotopic (exact) mass is 453 g/mol. The number of ether oxygens (including phenoxy) is 1. The molecule has 5 nitrogen and oxygen atoms in total. The highest BCUT2D eigenvalue weighted by Crippen LogP contribution is 2.31. The Kier molecular flexibility index (Phi) is 7.23. The van der Waals surface area contributed by atoms with Crippen LogP contribution in [0, 0.1) is 6.92 Å². The second-order valence-corrected chi connectivity index (χ2v) is 8.29. The van der Waals surface area contributed by atoms with Crippen molar-refractivity contribution < 1.29 is 14.6 Å². The van der Waals surface area contributed by atoms with Crippen LogP contribution >= 0.6 is 0 Å². The van der Waals surface area contributed by atoms with Crippen LogP contribution in [0.1, 0.15) is 17.5 Å². The van der Waals surface area contributed by atoms with E-state index in [1.807, 2.05) is 42.6 Å². The summed E-state index contributed by atoms with van der Waals surface area (Å²) in [6, 6.07) is 27.6. The lowest BCUT2D eigenvalue weighted by Gasteiger charge is -2.13. The second kappa shape index (κ2) is 10.7. The van der Waals surface area contributed by atoms with Crippen molar-refractivity contribution in [2.75, 3.05) is 6.61 Å². The first-order valence-electron chi connectivity index (χ1n) is 11.3. The maximum absolute atomic E-state index is 12.5. The Hall–Kier alpha value is -4.12. The number of benzene rings is 3. The van der Waals surface area contributed by atoms with Gasteiger partial charge in [-0.3, -0.25) is 4.79 Å². The molecule has 1 N–H and O–H groups in total. The molecule has 5 heteroatoms. The largest absolute Gasteiger partial charge is 0.482 e. The van der Waals surface area contributed by atoms with Gasteiger partial charge < -0.3 is 14.4 Å². The van der Waals surface area contributed by atoms with Crippen LogP contribution in [-0.2, 0) is 17.8 Å². The van der Waals surface area contributed by atoms with Crippen LogP contribution in [0.15, 0.2) is 95.9 Å². The number of nitrogens with zero attached hydrogens (tertiary/aromatic N) is 1. The standard InChI is InChI=1S/C29H27NO4/c1-21-11-13-23(14-12-21)26-9-2-3-10-27(26)24-15-16-28(31)30(19-24)17-5-7-22-6-4-8-25(18-22)34-20-29(32)33/h2-4,6,8-16,18-19H,5,7,17,20H2,1H3,(H,32,33). The molecule has 0 saturated carbocycles. The summed E-state index contributed by atoms with van der Waals surface area (Å²) in [6.07, 6.45) is 3.45. The summed E-state index contributed by atoms with van der Waals surface area (Å²) in [5, 5.41) is 8.78. The first kappa shape index (κ1) is 23.1. The predicted molar refractivity (Wildman–Crippen MR) is 134 cm³/mol. The molecule has 4 rings (SSSR count). The van der Waals surface area contributed by atoms with Crippen molar-refractivity contribution in [1.82, 2.24) is 4.57 Å². The molecule has 34 heavy (non-hydrogen) atoms. The summed E-state index contributed by atoms with van der Waals surface area (Å²) in [5.41, 5.74) is 6.58. The zero-order chi connectivity index (χ0) is 23.9. The number of rotatable bonds is 9. The normalized spacial score (nSPS) is 10.7. The third-order valence-corrected chi connectivity index (χ3v) is 5.71. The van der Waals surface area contributed by atoms with Crippen molar-refractivity contribution in [2.45, 2.75) is 26.3 Å². The van der Waals surface area contributed by atoms with E-state index >= 15 is 0 Å². The minimum atomic E-state index is -1.01. The minimum Gasteiger partial charge on any atom is -0.482 e. The Bertz CT molecular complexity index is 1340. The summed E-state index contributed by atoms with van der Waals surface area (Å²) in [7, 11) is 0. The summed E-state index contributed by atoms with van der Waals surface area (Å²) in [6.45, 7) is 2.29. The summed E-state index contributed by atoms with van der Waals surface area (Å²) in [5.74, 6) is -0.472. The van der Waals surface area contributed by atoms with Crippen molar-refractivity contribution in [3.8, 4) is 28.0 Å². The summed E-state index contributed by atoms with van der Waals surface area (Å²) in [4.78, 5) is 23.2. The van der Waals surface area contributed by atoms with Crippen molar-refractivity contribution in [3.05, 3.63) is 113 Å². The first-order valence-corrected chi connectivity index (χ1v) is 11.3. The number of pyridine rings is 1. The summed E-state index contributed by atoms with van der Waals surface area (Å²) < 4.78 is 7.01. The molecule has 0 spiro atoms. The lowest BCUT2D eigenvalue weighted by molar-refractivity contribution is -0.139. The van der Waals surface area contributed by atoms with Crippen molar-refractivity contribution >= 4 is 5.97 Å². The third-order valence-electron chi connectivity index (χ3n) is 5.71. The van der Waals surface area contributed by atoms with Gasteiger partial charge in [0, 0.05) is 18.8 Å². The van der Waals surface area contributed by atoms with Crippen molar-refractivity contribution in [3.63, 3.8) is 0 Å². The second-order valence-electron chi connectivity index (χ2n) is 8.29. The summed E-state index contributed by atoms with van der Waals surface area (Å²) >= 11 is 0. The van der Waals surface area contributed by atoms with Crippen LogP contribution in [0.25, 0.3) is 22.3 Å². The highest BCUT2D eigenvalue weighted by Gasteiger charge is 2.09. The SMILES string of the molecule is Cc1ccc(-c2ccccc2-c2ccc(=O)n(CCCc3cccc(OCC(=O)O)c3)c2)cc1. The van der Waals surface area contributed by atoms with Gasteiger partial charge in [0.05, 0.1) is 0 Å². The van der Waals surface area contributed by atoms with Gasteiger partial charge >= 0.3 is 5.97 Å². The lowest BCUT2D eigenvalue weighted by Crippen LogP contribution is -2.19. The third kappa shape index (κ3) is 5.81. The lowest BCUT2D eigenvalue weighted by atomic mass is 9.95. The van der Waals surface area contributed by atoms with Gasteiger partial charge in [0.1, 0.15) is 5.75 Å². The van der Waals surface area contributed by atoms with E-state index in [9.17, 15) is 9.59 Å². The zero-order valence-electron chi connectivity index (χ0n) is 19.1. The number of aromatic nitrogens is 1. The van der Waals surface area contributed by atoms with E-state index in [4.69, 9.17) is 9.84 Å². The highest BCUT2D eigenvalue weighted by molar-refractivity contribution is 5.83. The number of hydrogen-bond donors (Lipinski definition) is 1. The fourth-order valence-corrected chi connectivity index (χ4v) is 3.97. The molecular formula is C29H27NO4. The first-order chi connectivity index (χ1) is 16.5. The predicted octanol–water partition coefficient (Wildman–Crippen LogP) is 5.59. The highest BCUT2D eigenvalue weighted by atomic mass is 16.5. The Morgan fingerprint density at radius 1 is 0.882 bits per heavy atom. The van der Waals surface area contributed by atoms with Gasteiger partial charge in [-0.2, -0.15) is 0 Å². The molecule has 0 aliphatic carbocycles. The van der Waals surface area contributed by atoms with Gasteiger partial charge in [-0.15, -0.1) is 0 Å². The molecule has 0 saturated heterocycles. The van der Waals surface area contributed by atoms with E-state index in [1.165, 1.54) is 5.56 Å². The zero-order valence-corrected chi connectivity index (χ0v) is 19.1. The van der Waals surface area contributed by atoms with Crippen molar-refractivity contribution in [1.29, 1.82) is 0 Å². The fraction of sp³-hybridized carbons (Fsp3) is 0.172. The quantitative estimate of drug-likeness (QED) is 0.359. The van der Waals surface area contributed by atoms with Crippen molar-refractivity contribution in [2.24, 2.45) is 0 Å². The fourth-order valence-electron chi connectivity index (χ4n) is 3.97. The van der Waals surface area contributed by atoms with Crippen LogP contribution in [0.2, 0.25) is 0 Å². The average Bonchev–Trinajstić information content (AvgIpc) is 2.85. The van der Waals surface area contributed by atoms with E-state index in [0.717, 1.165) is 40.7 Å². The van der Waals surface area contributed by atoms with Gasteiger partial charge in [-0.1, -0.05) is 66.2 Å². The van der Waals surface area contributed by atoms with Crippen LogP contribution in [-0.4, -0.2) is 22.2 Å². The molecule has 0 bridgehead atoms. The van der Waals surface area contributed by atoms with Crippen LogP contribution in [0.5, 0.6) is 5.75 Å². The number of carboxylic acid groups (broad SMARTS) is 1. The molecule has 0 amide bonds. The topological polar surface area (TPSA) is 68.5 Å². The molecule has 0 aliphatic heterocycles. The maximum atomic E-state index is 12.5. The van der Waals surface area contributed by atoms with Gasteiger partial charge in [0.2, 0.25) is 0 Å². The van der Waals surface area contributed by atoms with E-state index in [-0.39, 0.29) is 12.2 Å².